The number of hydrogen-bond donors (Lipinski definition) is 3. The Labute approximate surface area is 116 Å². The molecule has 0 atom stereocenters. The highest BCUT2D eigenvalue weighted by atomic mass is 16.2. The molecule has 0 saturated carbocycles. The molecule has 0 aromatic carbocycles. The van der Waals surface area contributed by atoms with Crippen LogP contribution in [0.5, 0.6) is 0 Å². The Hall–Kier alpha value is -2.09. The maximum absolute atomic E-state index is 12.2. The van der Waals surface area contributed by atoms with E-state index < -0.39 is 6.03 Å². The molecule has 2 aliphatic rings. The molecule has 20 heavy (non-hydrogen) atoms. The number of rotatable bonds is 1. The van der Waals surface area contributed by atoms with Gasteiger partial charge in [-0.05, 0) is 12.8 Å². The van der Waals surface area contributed by atoms with Gasteiger partial charge >= 0.3 is 6.03 Å². The normalized spacial score (nSPS) is 21.4. The van der Waals surface area contributed by atoms with Crippen molar-refractivity contribution < 1.29 is 9.59 Å². The van der Waals surface area contributed by atoms with Gasteiger partial charge in [0.1, 0.15) is 0 Å². The molecule has 0 unspecified atom stereocenters. The van der Waals surface area contributed by atoms with Crippen molar-refractivity contribution in [1.29, 1.82) is 0 Å². The summed E-state index contributed by atoms with van der Waals surface area (Å²) in [5.41, 5.74) is 5.18. The molecule has 2 aliphatic heterocycles. The van der Waals surface area contributed by atoms with Gasteiger partial charge in [-0.1, -0.05) is 0 Å². The monoisotopic (exact) mass is 278 g/mol. The van der Waals surface area contributed by atoms with Gasteiger partial charge in [0.25, 0.3) is 5.91 Å². The van der Waals surface area contributed by atoms with E-state index in [0.717, 1.165) is 19.4 Å². The maximum atomic E-state index is 12.2. The van der Waals surface area contributed by atoms with Crippen LogP contribution in [0.2, 0.25) is 0 Å². The summed E-state index contributed by atoms with van der Waals surface area (Å²) in [6, 6.07) is -0.402. The summed E-state index contributed by atoms with van der Waals surface area (Å²) in [5.74, 6) is 0.263. The fourth-order valence-electron chi connectivity index (χ4n) is 3.08. The molecule has 3 rings (SSSR count). The first-order chi connectivity index (χ1) is 9.62. The van der Waals surface area contributed by atoms with Gasteiger partial charge in [-0.2, -0.15) is 0 Å². The molecule has 0 bridgehead atoms. The van der Waals surface area contributed by atoms with E-state index in [1.165, 1.54) is 0 Å². The van der Waals surface area contributed by atoms with Crippen molar-refractivity contribution in [3.63, 3.8) is 0 Å². The summed E-state index contributed by atoms with van der Waals surface area (Å²) in [4.78, 5) is 33.9. The zero-order valence-corrected chi connectivity index (χ0v) is 11.1. The number of imidazole rings is 1. The zero-order chi connectivity index (χ0) is 14.2. The molecular weight excluding hydrogens is 260 g/mol. The predicted molar refractivity (Wildman–Crippen MR) is 70.7 cm³/mol. The molecule has 8 nitrogen and oxygen atoms in total. The van der Waals surface area contributed by atoms with Crippen LogP contribution in [-0.2, 0) is 0 Å². The number of piperidine rings is 1. The lowest BCUT2D eigenvalue weighted by Crippen LogP contribution is -2.57. The number of urea groups is 1. The molecule has 1 aromatic heterocycles. The minimum atomic E-state index is -0.402. The second-order valence-corrected chi connectivity index (χ2v) is 5.31. The van der Waals surface area contributed by atoms with Crippen molar-refractivity contribution in [3.05, 3.63) is 18.2 Å². The topological polar surface area (TPSA) is 107 Å². The highest BCUT2D eigenvalue weighted by Crippen LogP contribution is 2.31. The van der Waals surface area contributed by atoms with Gasteiger partial charge in [0.05, 0.1) is 12.2 Å². The van der Waals surface area contributed by atoms with Crippen LogP contribution in [0.3, 0.4) is 0 Å². The van der Waals surface area contributed by atoms with Gasteiger partial charge in [-0.25, -0.2) is 9.78 Å². The van der Waals surface area contributed by atoms with E-state index >= 15 is 0 Å². The van der Waals surface area contributed by atoms with Gasteiger partial charge in [0.2, 0.25) is 0 Å². The van der Waals surface area contributed by atoms with Crippen LogP contribution in [0.1, 0.15) is 23.5 Å². The number of H-pyrrole nitrogens is 1. The van der Waals surface area contributed by atoms with E-state index in [-0.39, 0.29) is 11.4 Å². The fourth-order valence-corrected chi connectivity index (χ4v) is 3.08. The van der Waals surface area contributed by atoms with Gasteiger partial charge in [-0.15, -0.1) is 0 Å². The van der Waals surface area contributed by atoms with E-state index in [1.54, 1.807) is 22.2 Å². The molecule has 2 fully saturated rings. The molecule has 2 saturated heterocycles. The van der Waals surface area contributed by atoms with Crippen molar-refractivity contribution >= 4 is 11.9 Å². The first-order valence-corrected chi connectivity index (χ1v) is 6.69. The molecule has 1 spiro atoms. The van der Waals surface area contributed by atoms with Crippen LogP contribution in [0.15, 0.2) is 12.4 Å². The number of carbonyl (C=O) groups is 2. The lowest BCUT2D eigenvalue weighted by Gasteiger charge is -2.43. The summed E-state index contributed by atoms with van der Waals surface area (Å²) in [7, 11) is 0. The average Bonchev–Trinajstić information content (AvgIpc) is 3.08. The Morgan fingerprint density at radius 3 is 2.70 bits per heavy atom. The maximum Gasteiger partial charge on any atom is 0.316 e. The van der Waals surface area contributed by atoms with Crippen LogP contribution in [0.25, 0.3) is 0 Å². The highest BCUT2D eigenvalue weighted by Gasteiger charge is 2.45. The smallest absolute Gasteiger partial charge is 0.316 e. The molecule has 8 heteroatoms. The number of hydrogen-bond acceptors (Lipinski definition) is 4. The second kappa shape index (κ2) is 4.78. The van der Waals surface area contributed by atoms with Gasteiger partial charge in [-0.3, -0.25) is 10.1 Å². The molecule has 0 aliphatic carbocycles. The van der Waals surface area contributed by atoms with Gasteiger partial charge in [0.15, 0.2) is 5.82 Å². The Morgan fingerprint density at radius 2 is 2.10 bits per heavy atom. The Morgan fingerprint density at radius 1 is 1.35 bits per heavy atom. The fraction of sp³-hybridized carbons (Fsp3) is 0.583. The number of carbonyl (C=O) groups excluding carboxylic acids is 2. The van der Waals surface area contributed by atoms with E-state index in [4.69, 9.17) is 5.73 Å². The highest BCUT2D eigenvalue weighted by molar-refractivity contribution is 5.90. The molecule has 3 amide bonds. The van der Waals surface area contributed by atoms with Crippen molar-refractivity contribution in [2.24, 2.45) is 5.73 Å². The van der Waals surface area contributed by atoms with E-state index in [0.29, 0.717) is 25.6 Å². The van der Waals surface area contributed by atoms with Crippen LogP contribution in [0.4, 0.5) is 4.79 Å². The summed E-state index contributed by atoms with van der Waals surface area (Å²) in [6.07, 6.45) is 4.66. The minimum absolute atomic E-state index is 0.0959. The van der Waals surface area contributed by atoms with Crippen molar-refractivity contribution in [3.8, 4) is 0 Å². The van der Waals surface area contributed by atoms with Crippen LogP contribution in [-0.4, -0.2) is 63.5 Å². The second-order valence-electron chi connectivity index (χ2n) is 5.31. The largest absolute Gasteiger partial charge is 0.351 e. The van der Waals surface area contributed by atoms with Crippen LogP contribution < -0.4 is 11.1 Å². The number of likely N-dealkylation sites (tertiary alicyclic amines) is 1. The summed E-state index contributed by atoms with van der Waals surface area (Å²) in [6.45, 7) is 2.43. The summed E-state index contributed by atoms with van der Waals surface area (Å²) < 4.78 is 0. The first kappa shape index (κ1) is 12.9. The van der Waals surface area contributed by atoms with E-state index in [9.17, 15) is 9.59 Å². The zero-order valence-electron chi connectivity index (χ0n) is 11.1. The number of aromatic nitrogens is 2. The van der Waals surface area contributed by atoms with Gasteiger partial charge < -0.3 is 20.5 Å². The Balaban J connectivity index is 1.68. The predicted octanol–water partition coefficient (Wildman–Crippen LogP) is -0.674. The SMILES string of the molecule is NC(=O)N1CNCC12CCN(C(=O)c1ncc[nH]1)CC2. The third kappa shape index (κ3) is 2.01. The minimum Gasteiger partial charge on any atom is -0.351 e. The molecule has 1 aromatic rings. The van der Waals surface area contributed by atoms with E-state index in [1.807, 2.05) is 0 Å². The third-order valence-corrected chi connectivity index (χ3v) is 4.24. The van der Waals surface area contributed by atoms with Crippen molar-refractivity contribution in [2.75, 3.05) is 26.3 Å². The molecule has 0 radical (unpaired) electrons. The lowest BCUT2D eigenvalue weighted by molar-refractivity contribution is 0.0541. The number of nitrogens with zero attached hydrogens (tertiary/aromatic N) is 3. The van der Waals surface area contributed by atoms with Crippen molar-refractivity contribution in [2.45, 2.75) is 18.4 Å². The molecule has 108 valence electrons. The molecule has 4 N–H and O–H groups in total. The van der Waals surface area contributed by atoms with Crippen molar-refractivity contribution in [1.82, 2.24) is 25.1 Å². The summed E-state index contributed by atoms with van der Waals surface area (Å²) in [5, 5.41) is 3.19. The van der Waals surface area contributed by atoms with Gasteiger partial charge in [0, 0.05) is 32.0 Å². The average molecular weight is 278 g/mol. The first-order valence-electron chi connectivity index (χ1n) is 6.69. The Kier molecular flexibility index (Phi) is 3.09. The third-order valence-electron chi connectivity index (χ3n) is 4.24. The number of nitrogens with two attached hydrogens (primary N) is 1. The molecular formula is C12H18N6O2. The summed E-state index contributed by atoms with van der Waals surface area (Å²) >= 11 is 0. The lowest BCUT2D eigenvalue weighted by atomic mass is 9.87. The Bertz CT molecular complexity index is 506. The molecule has 3 heterocycles. The van der Waals surface area contributed by atoms with Crippen LogP contribution in [0, 0.1) is 0 Å². The van der Waals surface area contributed by atoms with Crippen LogP contribution >= 0.6 is 0 Å². The standard InChI is InChI=1S/C12H18N6O2/c13-11(20)18-8-14-7-12(18)1-5-17(6-2-12)10(19)9-15-3-4-16-9/h3-4,14H,1-2,5-8H2,(H2,13,20)(H,15,16). The number of aromatic amines is 1. The number of nitrogens with one attached hydrogen (secondary N) is 2. The van der Waals surface area contributed by atoms with E-state index in [2.05, 4.69) is 15.3 Å². The number of primary amides is 1. The quantitative estimate of drug-likeness (QED) is 0.633. The number of amides is 3.